The lowest BCUT2D eigenvalue weighted by Crippen LogP contribution is -2.17. The summed E-state index contributed by atoms with van der Waals surface area (Å²) in [6.07, 6.45) is 1.51. The van der Waals surface area contributed by atoms with Crippen LogP contribution in [-0.2, 0) is 4.79 Å². The van der Waals surface area contributed by atoms with Crippen LogP contribution in [0.2, 0.25) is 10.0 Å². The molecule has 1 aromatic carbocycles. The van der Waals surface area contributed by atoms with Crippen molar-refractivity contribution >= 4 is 52.2 Å². The van der Waals surface area contributed by atoms with Crippen LogP contribution in [0.5, 0.6) is 0 Å². The summed E-state index contributed by atoms with van der Waals surface area (Å²) in [7, 11) is 0. The molecule has 2 amide bonds. The number of thioether (sulfide) groups is 1. The second-order valence-electron chi connectivity index (χ2n) is 4.18. The van der Waals surface area contributed by atoms with Crippen LogP contribution in [0.4, 0.5) is 4.79 Å². The molecule has 0 spiro atoms. The van der Waals surface area contributed by atoms with Gasteiger partial charge in [-0.2, -0.15) is 0 Å². The van der Waals surface area contributed by atoms with E-state index in [1.165, 1.54) is 6.08 Å². The summed E-state index contributed by atoms with van der Waals surface area (Å²) in [4.78, 5) is 22.8. The van der Waals surface area contributed by atoms with E-state index in [-0.39, 0.29) is 0 Å². The Labute approximate surface area is 134 Å². The molecule has 1 saturated heterocycles. The van der Waals surface area contributed by atoms with Crippen LogP contribution >= 0.6 is 35.0 Å². The van der Waals surface area contributed by atoms with Gasteiger partial charge < -0.3 is 4.42 Å². The van der Waals surface area contributed by atoms with E-state index in [2.05, 4.69) is 5.32 Å². The first-order valence-electron chi connectivity index (χ1n) is 5.83. The van der Waals surface area contributed by atoms with E-state index in [0.717, 1.165) is 11.8 Å². The van der Waals surface area contributed by atoms with Crippen molar-refractivity contribution in [2.75, 3.05) is 0 Å². The van der Waals surface area contributed by atoms with Gasteiger partial charge in [0, 0.05) is 16.7 Å². The van der Waals surface area contributed by atoms with Gasteiger partial charge in [-0.3, -0.25) is 14.9 Å². The van der Waals surface area contributed by atoms with E-state index in [4.69, 9.17) is 27.6 Å². The van der Waals surface area contributed by atoms with Crippen LogP contribution in [0.25, 0.3) is 17.4 Å². The number of furan rings is 1. The van der Waals surface area contributed by atoms with Crippen LogP contribution in [0.3, 0.4) is 0 Å². The summed E-state index contributed by atoms with van der Waals surface area (Å²) < 4.78 is 5.63. The molecule has 7 heteroatoms. The molecule has 21 heavy (non-hydrogen) atoms. The Morgan fingerprint density at radius 2 is 1.95 bits per heavy atom. The number of rotatable bonds is 2. The molecule has 0 unspecified atom stereocenters. The smallest absolute Gasteiger partial charge is 0.290 e. The standard InChI is InChI=1S/C14H7Cl2NO3S/c15-7-1-3-9(10(16)5-7)11-4-2-8(20-11)6-12-13(18)17-14(19)21-12/h1-6H,(H,17,18,19)/b12-6+. The molecule has 0 radical (unpaired) electrons. The topological polar surface area (TPSA) is 59.3 Å². The Kier molecular flexibility index (Phi) is 3.80. The van der Waals surface area contributed by atoms with Gasteiger partial charge in [0.25, 0.3) is 11.1 Å². The largest absolute Gasteiger partial charge is 0.457 e. The van der Waals surface area contributed by atoms with Crippen molar-refractivity contribution in [1.82, 2.24) is 5.32 Å². The molecule has 0 saturated carbocycles. The van der Waals surface area contributed by atoms with Gasteiger partial charge >= 0.3 is 0 Å². The number of hydrogen-bond acceptors (Lipinski definition) is 4. The lowest BCUT2D eigenvalue weighted by Gasteiger charge is -2.00. The highest BCUT2D eigenvalue weighted by molar-refractivity contribution is 8.18. The second kappa shape index (κ2) is 5.60. The molecule has 1 fully saturated rings. The monoisotopic (exact) mass is 339 g/mol. The molecule has 0 aliphatic carbocycles. The van der Waals surface area contributed by atoms with Crippen molar-refractivity contribution in [3.05, 3.63) is 51.0 Å². The van der Waals surface area contributed by atoms with Crippen molar-refractivity contribution in [2.24, 2.45) is 0 Å². The zero-order valence-corrected chi connectivity index (χ0v) is 12.7. The quantitative estimate of drug-likeness (QED) is 0.813. The fourth-order valence-electron chi connectivity index (χ4n) is 1.81. The average molecular weight is 340 g/mol. The number of carbonyl (C=O) groups excluding carboxylic acids is 2. The molecule has 3 rings (SSSR count). The molecule has 1 aromatic heterocycles. The van der Waals surface area contributed by atoms with E-state index in [9.17, 15) is 9.59 Å². The Morgan fingerprint density at radius 3 is 2.62 bits per heavy atom. The maximum atomic E-state index is 11.5. The predicted molar refractivity (Wildman–Crippen MR) is 83.3 cm³/mol. The third kappa shape index (κ3) is 3.00. The van der Waals surface area contributed by atoms with Gasteiger partial charge in [0.05, 0.1) is 9.93 Å². The lowest BCUT2D eigenvalue weighted by molar-refractivity contribution is -0.115. The van der Waals surface area contributed by atoms with Gasteiger partial charge in [0.1, 0.15) is 11.5 Å². The minimum atomic E-state index is -0.424. The van der Waals surface area contributed by atoms with E-state index >= 15 is 0 Å². The van der Waals surface area contributed by atoms with Gasteiger partial charge in [-0.25, -0.2) is 0 Å². The first kappa shape index (κ1) is 14.3. The Bertz CT molecular complexity index is 782. The zero-order valence-electron chi connectivity index (χ0n) is 10.4. The van der Waals surface area contributed by atoms with Crippen LogP contribution in [0.1, 0.15) is 5.76 Å². The summed E-state index contributed by atoms with van der Waals surface area (Å²) in [6, 6.07) is 8.52. The molecule has 1 aliphatic rings. The SMILES string of the molecule is O=C1NC(=O)/C(=C\c2ccc(-c3ccc(Cl)cc3Cl)o2)S1. The molecule has 4 nitrogen and oxygen atoms in total. The first-order valence-corrected chi connectivity index (χ1v) is 7.40. The lowest BCUT2D eigenvalue weighted by atomic mass is 10.2. The van der Waals surface area contributed by atoms with Gasteiger partial charge in [-0.1, -0.05) is 23.2 Å². The molecule has 2 heterocycles. The molecule has 1 N–H and O–H groups in total. The Balaban J connectivity index is 1.92. The number of amides is 2. The molecule has 0 atom stereocenters. The maximum absolute atomic E-state index is 11.5. The van der Waals surface area contributed by atoms with Crippen molar-refractivity contribution in [1.29, 1.82) is 0 Å². The van der Waals surface area contributed by atoms with E-state index in [0.29, 0.717) is 32.0 Å². The Morgan fingerprint density at radius 1 is 1.14 bits per heavy atom. The summed E-state index contributed by atoms with van der Waals surface area (Å²) in [6.45, 7) is 0. The molecule has 1 aliphatic heterocycles. The zero-order chi connectivity index (χ0) is 15.0. The number of imide groups is 1. The Hall–Kier alpha value is -1.69. The molecular weight excluding hydrogens is 333 g/mol. The minimum Gasteiger partial charge on any atom is -0.457 e. The van der Waals surface area contributed by atoms with E-state index in [1.807, 2.05) is 0 Å². The highest BCUT2D eigenvalue weighted by Crippen LogP contribution is 2.33. The minimum absolute atomic E-state index is 0.295. The molecular formula is C14H7Cl2NO3S. The third-order valence-electron chi connectivity index (χ3n) is 2.74. The van der Waals surface area contributed by atoms with Crippen LogP contribution in [0.15, 0.2) is 39.7 Å². The summed E-state index contributed by atoms with van der Waals surface area (Å²) in [5.74, 6) is 0.592. The van der Waals surface area contributed by atoms with Crippen LogP contribution < -0.4 is 5.32 Å². The van der Waals surface area contributed by atoms with Crippen LogP contribution in [0, 0.1) is 0 Å². The average Bonchev–Trinajstić information content (AvgIpc) is 2.97. The number of hydrogen-bond donors (Lipinski definition) is 1. The van der Waals surface area contributed by atoms with E-state index < -0.39 is 11.1 Å². The summed E-state index contributed by atoms with van der Waals surface area (Å²) in [5, 5.41) is 2.80. The number of benzene rings is 1. The summed E-state index contributed by atoms with van der Waals surface area (Å²) >= 11 is 12.8. The van der Waals surface area contributed by atoms with Gasteiger partial charge in [0.15, 0.2) is 0 Å². The normalized spacial score (nSPS) is 16.6. The van der Waals surface area contributed by atoms with Gasteiger partial charge in [0.2, 0.25) is 0 Å². The number of carbonyl (C=O) groups is 2. The first-order chi connectivity index (χ1) is 10.0. The van der Waals surface area contributed by atoms with Crippen LogP contribution in [-0.4, -0.2) is 11.1 Å². The van der Waals surface area contributed by atoms with E-state index in [1.54, 1.807) is 30.3 Å². The highest BCUT2D eigenvalue weighted by atomic mass is 35.5. The van der Waals surface area contributed by atoms with Crippen molar-refractivity contribution in [3.8, 4) is 11.3 Å². The van der Waals surface area contributed by atoms with Gasteiger partial charge in [-0.05, 0) is 42.1 Å². The third-order valence-corrected chi connectivity index (χ3v) is 4.10. The van der Waals surface area contributed by atoms with Crippen molar-refractivity contribution in [3.63, 3.8) is 0 Å². The number of halogens is 2. The highest BCUT2D eigenvalue weighted by Gasteiger charge is 2.25. The second-order valence-corrected chi connectivity index (χ2v) is 6.04. The van der Waals surface area contributed by atoms with Crippen molar-refractivity contribution in [2.45, 2.75) is 0 Å². The van der Waals surface area contributed by atoms with Gasteiger partial charge in [-0.15, -0.1) is 0 Å². The fourth-order valence-corrected chi connectivity index (χ4v) is 2.98. The molecule has 0 bridgehead atoms. The summed E-state index contributed by atoms with van der Waals surface area (Å²) in [5.41, 5.74) is 0.699. The van der Waals surface area contributed by atoms with Crippen molar-refractivity contribution < 1.29 is 14.0 Å². The molecule has 106 valence electrons. The fraction of sp³-hybridized carbons (Fsp3) is 0. The number of nitrogens with one attached hydrogen (secondary N) is 1. The predicted octanol–water partition coefficient (Wildman–Crippen LogP) is 4.58. The molecule has 2 aromatic rings. The maximum Gasteiger partial charge on any atom is 0.290 e.